The lowest BCUT2D eigenvalue weighted by Gasteiger charge is -2.37. The van der Waals surface area contributed by atoms with Gasteiger partial charge in [-0.3, -0.25) is 0 Å². The van der Waals surface area contributed by atoms with Crippen molar-refractivity contribution in [2.24, 2.45) is 52.3 Å². The number of nitrogen functional groups attached to an aromatic ring is 1. The Labute approximate surface area is 432 Å². The summed E-state index contributed by atoms with van der Waals surface area (Å²) in [7, 11) is -6.47. The number of ether oxygens (including phenoxy) is 2. The van der Waals surface area contributed by atoms with Crippen LogP contribution in [0.4, 0.5) is 5.69 Å². The zero-order valence-corrected chi connectivity index (χ0v) is 47.6. The molecule has 12 N–H and O–H groups in total. The molecule has 0 heterocycles. The minimum Gasteiger partial charge on any atom is -0.457 e. The van der Waals surface area contributed by atoms with Gasteiger partial charge in [0.1, 0.15) is 23.0 Å². The monoisotopic (exact) mass is 1030 g/mol. The number of sulfone groups is 1. The fourth-order valence-electron chi connectivity index (χ4n) is 10.1. The number of aryl methyl sites for hydroxylation is 1. The third-order valence-corrected chi connectivity index (χ3v) is 23.7. The highest BCUT2D eigenvalue weighted by molar-refractivity contribution is 7.91. The average molecular weight is 1030 g/mol. The predicted molar refractivity (Wildman–Crippen MR) is 303 cm³/mol. The maximum Gasteiger partial charge on any atom is 0.206 e. The Hall–Kier alpha value is -3.58. The molecule has 0 spiro atoms. The highest BCUT2D eigenvalue weighted by Gasteiger charge is 2.33. The van der Waals surface area contributed by atoms with Crippen LogP contribution in [-0.2, 0) is 14.0 Å². The first kappa shape index (κ1) is 60.0. The van der Waals surface area contributed by atoms with E-state index in [1.54, 1.807) is 48.5 Å². The number of hydrogen-bond donors (Lipinski definition) is 6. The molecule has 3 fully saturated rings. The number of rotatable bonds is 16. The Balaban J connectivity index is 0.000000231. The molecule has 0 radical (unpaired) electrons. The number of unbranched alkanes of at least 4 members (excludes halogenated alkanes) is 1. The molecule has 11 nitrogen and oxygen atoms in total. The van der Waals surface area contributed by atoms with Crippen molar-refractivity contribution >= 4 is 32.2 Å². The quantitative estimate of drug-likeness (QED) is 0.0458. The van der Waals surface area contributed by atoms with Crippen LogP contribution in [-0.4, -0.2) is 55.8 Å². The molecule has 3 aliphatic rings. The summed E-state index contributed by atoms with van der Waals surface area (Å²) >= 11 is 0. The van der Waals surface area contributed by atoms with Crippen LogP contribution in [0.15, 0.2) is 107 Å². The lowest BCUT2D eigenvalue weighted by Crippen LogP contribution is -2.46. The number of nitrogens with two attached hydrogens (primary N) is 6. The van der Waals surface area contributed by atoms with Gasteiger partial charge >= 0.3 is 0 Å². The fourth-order valence-corrected chi connectivity index (χ4v) is 20.5. The lowest BCUT2D eigenvalue weighted by atomic mass is 9.72. The summed E-state index contributed by atoms with van der Waals surface area (Å²) in [6.07, 6.45) is 17.7. The minimum absolute atomic E-state index is 0.185. The van der Waals surface area contributed by atoms with E-state index in [2.05, 4.69) is 47.0 Å². The smallest absolute Gasteiger partial charge is 0.206 e. The van der Waals surface area contributed by atoms with Crippen molar-refractivity contribution in [2.45, 2.75) is 190 Å². The van der Waals surface area contributed by atoms with Crippen molar-refractivity contribution in [1.82, 2.24) is 0 Å². The second kappa shape index (κ2) is 29.3. The zero-order valence-electron chi connectivity index (χ0n) is 44.8. The topological polar surface area (TPSA) is 218 Å². The van der Waals surface area contributed by atoms with Gasteiger partial charge in [0.05, 0.1) is 9.79 Å². The Morgan fingerprint density at radius 2 is 1.04 bits per heavy atom. The first-order valence-electron chi connectivity index (χ1n) is 26.7. The molecule has 396 valence electrons. The summed E-state index contributed by atoms with van der Waals surface area (Å²) in [6, 6.07) is 31.2. The highest BCUT2D eigenvalue weighted by Crippen LogP contribution is 2.37. The molecule has 8 atom stereocenters. The van der Waals surface area contributed by atoms with E-state index in [0.29, 0.717) is 46.7 Å². The van der Waals surface area contributed by atoms with Crippen molar-refractivity contribution in [3.63, 3.8) is 0 Å². The van der Waals surface area contributed by atoms with Crippen LogP contribution in [0.5, 0.6) is 23.0 Å². The van der Waals surface area contributed by atoms with Gasteiger partial charge in [0.2, 0.25) is 9.84 Å². The van der Waals surface area contributed by atoms with Gasteiger partial charge in [-0.1, -0.05) is 64.2 Å². The van der Waals surface area contributed by atoms with E-state index < -0.39 is 26.5 Å². The van der Waals surface area contributed by atoms with Gasteiger partial charge in [-0.15, -0.1) is 0 Å². The van der Waals surface area contributed by atoms with Gasteiger partial charge in [-0.05, 0) is 225 Å². The highest BCUT2D eigenvalue weighted by atomic mass is 32.2. The predicted octanol–water partition coefficient (Wildman–Crippen LogP) is 12.7. The van der Waals surface area contributed by atoms with Crippen LogP contribution in [0, 0.1) is 30.6 Å². The third kappa shape index (κ3) is 21.8. The second-order valence-corrected chi connectivity index (χ2v) is 33.0. The fraction of sp³-hybridized carbons (Fsp3) is 0.579. The molecule has 4 aromatic rings. The first-order chi connectivity index (χ1) is 33.6. The van der Waals surface area contributed by atoms with E-state index in [1.165, 1.54) is 107 Å². The maximum atomic E-state index is 13.0. The van der Waals surface area contributed by atoms with E-state index in [1.807, 2.05) is 31.2 Å². The van der Waals surface area contributed by atoms with Crippen LogP contribution >= 0.6 is 0 Å². The summed E-state index contributed by atoms with van der Waals surface area (Å²) in [4.78, 5) is 0.375. The lowest BCUT2D eigenvalue weighted by molar-refractivity contribution is 0.182. The molecule has 14 heteroatoms. The molecule has 3 aliphatic carbocycles. The molecule has 4 aromatic carbocycles. The van der Waals surface area contributed by atoms with Gasteiger partial charge in [0.25, 0.3) is 0 Å². The van der Waals surface area contributed by atoms with Crippen molar-refractivity contribution < 1.29 is 22.0 Å². The Kier molecular flexibility index (Phi) is 24.8. The summed E-state index contributed by atoms with van der Waals surface area (Å²) in [5.74, 6) is 5.70. The molecule has 7 rings (SSSR count). The second-order valence-electron chi connectivity index (χ2n) is 22.2. The van der Waals surface area contributed by atoms with Crippen LogP contribution in [0.3, 0.4) is 0 Å². The molecular weight excluding hydrogens is 937 g/mol. The molecule has 0 aromatic heterocycles. The van der Waals surface area contributed by atoms with Crippen molar-refractivity contribution in [2.75, 3.05) is 12.3 Å². The normalized spacial score (nSPS) is 23.6. The van der Waals surface area contributed by atoms with E-state index in [-0.39, 0.29) is 21.9 Å². The van der Waals surface area contributed by atoms with Gasteiger partial charge < -0.3 is 48.0 Å². The largest absolute Gasteiger partial charge is 0.457 e. The molecule has 3 saturated carbocycles. The summed E-state index contributed by atoms with van der Waals surface area (Å²) in [5, 5.41) is 0. The van der Waals surface area contributed by atoms with Gasteiger partial charge in [-0.25, -0.2) is 8.42 Å². The van der Waals surface area contributed by atoms with E-state index in [0.717, 1.165) is 49.1 Å². The van der Waals surface area contributed by atoms with Crippen molar-refractivity contribution in [1.29, 1.82) is 0 Å². The summed E-state index contributed by atoms with van der Waals surface area (Å²) < 4.78 is 43.8. The standard InChI is InChI=1S/C25H21NO4S.C14H29N3.C11H29NOSi2.C7H15N/c1-18-2-6-20(7-3-18)29-22-10-14-24(15-11-22)31(27,28)25-16-12-23(13-17-25)30-21-8-4-19(26)5-9-21;1-9-6-10(2-4-12(9)15)7-11-3-5-13(16)14(17)8-11;1-6-7-10-14(2,3)13-15(4,5)11-8-9-12;1-6-3-2-4-7(8)5-6/h2-17H,26H2,1H3;9-14H,2-8,15-17H2,1H3;6-12H2,1-5H3;6-7H,2-5,8H2,1H3. The maximum absolute atomic E-state index is 13.0. The number of anilines is 1. The zero-order chi connectivity index (χ0) is 52.2. The van der Waals surface area contributed by atoms with Crippen LogP contribution in [0.2, 0.25) is 38.3 Å². The van der Waals surface area contributed by atoms with Crippen LogP contribution in [0.25, 0.3) is 0 Å². The molecule has 8 unspecified atom stereocenters. The molecule has 71 heavy (non-hydrogen) atoms. The number of benzene rings is 4. The van der Waals surface area contributed by atoms with Crippen LogP contribution < -0.4 is 43.9 Å². The molecule has 0 aliphatic heterocycles. The first-order valence-corrected chi connectivity index (χ1v) is 34.4. The number of hydrogen-bond acceptors (Lipinski definition) is 11. The molecule has 0 saturated heterocycles. The van der Waals surface area contributed by atoms with E-state index in [9.17, 15) is 8.42 Å². The van der Waals surface area contributed by atoms with E-state index in [4.69, 9.17) is 48.0 Å². The van der Waals surface area contributed by atoms with Gasteiger partial charge in [0.15, 0.2) is 16.6 Å². The minimum atomic E-state index is -3.66. The van der Waals surface area contributed by atoms with Crippen molar-refractivity contribution in [3.8, 4) is 23.0 Å². The Bertz CT molecular complexity index is 2070. The SMILES string of the molecule is CC1CC(CC2CCC(N)C(N)C2)CCC1N.CC1CCCC(N)C1.CCCC[Si](C)(C)O[Si](C)(C)CCCN.Cc1ccc(Oc2ccc(S(=O)(=O)c3ccc(Oc4ccc(N)cc4)cc3)cc2)cc1. The summed E-state index contributed by atoms with van der Waals surface area (Å²) in [5.41, 5.74) is 36.9. The van der Waals surface area contributed by atoms with Gasteiger partial charge in [0, 0.05) is 29.9 Å². The average Bonchev–Trinajstić information content (AvgIpc) is 3.32. The molecule has 0 amide bonds. The third-order valence-electron chi connectivity index (χ3n) is 14.4. The van der Waals surface area contributed by atoms with Crippen LogP contribution in [0.1, 0.15) is 116 Å². The molecular formula is C57H94N6O5SSi2. The van der Waals surface area contributed by atoms with Gasteiger partial charge in [-0.2, -0.15) is 0 Å². The Morgan fingerprint density at radius 1 is 0.577 bits per heavy atom. The Morgan fingerprint density at radius 3 is 1.48 bits per heavy atom. The van der Waals surface area contributed by atoms with E-state index >= 15 is 0 Å². The molecule has 0 bridgehead atoms. The summed E-state index contributed by atoms with van der Waals surface area (Å²) in [6.45, 7) is 19.0. The van der Waals surface area contributed by atoms with Crippen molar-refractivity contribution in [3.05, 3.63) is 103 Å².